The zero-order chi connectivity index (χ0) is 11.7. The molecule has 0 unspecified atom stereocenters. The van der Waals surface area contributed by atoms with Crippen LogP contribution >= 0.6 is 0 Å². The summed E-state index contributed by atoms with van der Waals surface area (Å²) in [6.45, 7) is 8.93. The smallest absolute Gasteiger partial charge is 0.348 e. The maximum Gasteiger partial charge on any atom is 0.348 e. The van der Waals surface area contributed by atoms with Crippen molar-refractivity contribution >= 4 is 5.90 Å². The molecule has 2 fully saturated rings. The summed E-state index contributed by atoms with van der Waals surface area (Å²) >= 11 is 0. The fourth-order valence-electron chi connectivity index (χ4n) is 4.35. The predicted octanol–water partition coefficient (Wildman–Crippen LogP) is 2.53. The highest BCUT2D eigenvalue weighted by Crippen LogP contribution is 2.67. The van der Waals surface area contributed by atoms with E-state index in [0.29, 0.717) is 11.8 Å². The summed E-state index contributed by atoms with van der Waals surface area (Å²) in [7, 11) is 0. The predicted molar refractivity (Wildman–Crippen MR) is 62.2 cm³/mol. The van der Waals surface area contributed by atoms with Crippen LogP contribution in [0.5, 0.6) is 0 Å². The SMILES string of the molecule is CCC1=[N+]([O-])[C@@H]2[C@H]3CC[C@@](C)([C@@H]2O1)C3(C)C. The normalized spacial score (nSPS) is 48.4. The van der Waals surface area contributed by atoms with Gasteiger partial charge in [0.1, 0.15) is 0 Å². The Balaban J connectivity index is 2.06. The van der Waals surface area contributed by atoms with Gasteiger partial charge in [-0.15, -0.1) is 0 Å². The van der Waals surface area contributed by atoms with E-state index in [9.17, 15) is 5.21 Å². The van der Waals surface area contributed by atoms with E-state index >= 15 is 0 Å². The van der Waals surface area contributed by atoms with Gasteiger partial charge in [-0.2, -0.15) is 4.74 Å². The molecule has 3 nitrogen and oxygen atoms in total. The number of hydrogen-bond donors (Lipinski definition) is 0. The van der Waals surface area contributed by atoms with Gasteiger partial charge in [-0.3, -0.25) is 0 Å². The summed E-state index contributed by atoms with van der Waals surface area (Å²) in [6, 6.07) is 0.0868. The molecular weight excluding hydrogens is 202 g/mol. The van der Waals surface area contributed by atoms with Crippen LogP contribution in [0.15, 0.2) is 0 Å². The molecule has 90 valence electrons. The Hall–Kier alpha value is -0.730. The first-order chi connectivity index (χ1) is 7.43. The number of ether oxygens (including phenoxy) is 1. The van der Waals surface area contributed by atoms with Crippen molar-refractivity contribution in [3.63, 3.8) is 0 Å². The van der Waals surface area contributed by atoms with E-state index in [0.717, 1.165) is 6.42 Å². The quantitative estimate of drug-likeness (QED) is 0.506. The first-order valence-electron chi connectivity index (χ1n) is 6.42. The number of hydrogen-bond acceptors (Lipinski definition) is 2. The summed E-state index contributed by atoms with van der Waals surface area (Å²) in [4.78, 5) is 0. The van der Waals surface area contributed by atoms with E-state index in [1.54, 1.807) is 0 Å². The van der Waals surface area contributed by atoms with Gasteiger partial charge in [0.15, 0.2) is 6.10 Å². The minimum absolute atomic E-state index is 0.0868. The molecule has 3 rings (SSSR count). The Kier molecular flexibility index (Phi) is 1.79. The van der Waals surface area contributed by atoms with Crippen LogP contribution in [-0.4, -0.2) is 22.8 Å². The second-order valence-corrected chi connectivity index (χ2v) is 6.39. The van der Waals surface area contributed by atoms with Gasteiger partial charge in [-0.25, -0.2) is 0 Å². The summed E-state index contributed by atoms with van der Waals surface area (Å²) in [6.07, 6.45) is 3.24. The third-order valence-corrected chi connectivity index (χ3v) is 5.81. The molecule has 2 bridgehead atoms. The van der Waals surface area contributed by atoms with Gasteiger partial charge >= 0.3 is 5.90 Å². The monoisotopic (exact) mass is 223 g/mol. The molecule has 1 aliphatic heterocycles. The molecule has 0 amide bonds. The molecule has 4 atom stereocenters. The molecule has 2 saturated carbocycles. The molecular formula is C13H21NO2. The minimum atomic E-state index is 0.0868. The van der Waals surface area contributed by atoms with Gasteiger partial charge in [0.25, 0.3) is 0 Å². The van der Waals surface area contributed by atoms with Gasteiger partial charge in [0.05, 0.1) is 6.42 Å². The average Bonchev–Trinajstić information content (AvgIpc) is 2.72. The standard InChI is InChI=1S/C13H21NO2/c1-5-9-14(15)10-8-6-7-13(4,11(10)16-9)12(8,2)3/h8,10-11H,5-7H2,1-4H3/t8-,10-,11-,13+/m1/s1. The van der Waals surface area contributed by atoms with Crippen molar-refractivity contribution in [3.8, 4) is 0 Å². The zero-order valence-corrected chi connectivity index (χ0v) is 10.6. The van der Waals surface area contributed by atoms with Crippen molar-refractivity contribution in [1.29, 1.82) is 0 Å². The summed E-state index contributed by atoms with van der Waals surface area (Å²) in [5.74, 6) is 1.16. The fraction of sp³-hybridized carbons (Fsp3) is 0.923. The molecule has 0 N–H and O–H groups in total. The molecule has 0 spiro atoms. The van der Waals surface area contributed by atoms with Crippen LogP contribution < -0.4 is 0 Å². The van der Waals surface area contributed by atoms with Crippen LogP contribution in [0.2, 0.25) is 0 Å². The Morgan fingerprint density at radius 1 is 1.44 bits per heavy atom. The first-order valence-corrected chi connectivity index (χ1v) is 6.42. The molecule has 0 aromatic rings. The summed E-state index contributed by atoms with van der Waals surface area (Å²) < 4.78 is 7.13. The van der Waals surface area contributed by atoms with E-state index in [-0.39, 0.29) is 23.0 Å². The van der Waals surface area contributed by atoms with Crippen molar-refractivity contribution in [1.82, 2.24) is 0 Å². The van der Waals surface area contributed by atoms with E-state index in [1.807, 2.05) is 6.92 Å². The number of hydroxylamine groups is 1. The number of nitrogens with zero attached hydrogens (tertiary/aromatic N) is 1. The van der Waals surface area contributed by atoms with E-state index in [1.165, 1.54) is 17.6 Å². The van der Waals surface area contributed by atoms with Gasteiger partial charge in [0, 0.05) is 11.3 Å². The van der Waals surface area contributed by atoms with Crippen molar-refractivity contribution in [2.75, 3.05) is 0 Å². The van der Waals surface area contributed by atoms with Crippen LogP contribution in [0.4, 0.5) is 0 Å². The lowest BCUT2D eigenvalue weighted by molar-refractivity contribution is -0.505. The molecule has 3 heteroatoms. The maximum atomic E-state index is 12.2. The fourth-order valence-corrected chi connectivity index (χ4v) is 4.35. The van der Waals surface area contributed by atoms with Gasteiger partial charge in [0.2, 0.25) is 6.04 Å². The number of fused-ring (bicyclic) bond motifs is 5. The van der Waals surface area contributed by atoms with Gasteiger partial charge in [-0.05, 0) is 18.3 Å². The average molecular weight is 223 g/mol. The first kappa shape index (κ1) is 10.4. The number of rotatable bonds is 1. The van der Waals surface area contributed by atoms with Crippen molar-refractivity contribution in [2.45, 2.75) is 59.1 Å². The van der Waals surface area contributed by atoms with Crippen LogP contribution in [0.3, 0.4) is 0 Å². The lowest BCUT2D eigenvalue weighted by Crippen LogP contribution is -2.40. The van der Waals surface area contributed by atoms with Crippen molar-refractivity contribution in [3.05, 3.63) is 5.21 Å². The topological polar surface area (TPSA) is 35.3 Å². The second-order valence-electron chi connectivity index (χ2n) is 6.39. The zero-order valence-electron chi connectivity index (χ0n) is 10.6. The van der Waals surface area contributed by atoms with Crippen LogP contribution in [0.1, 0.15) is 47.0 Å². The molecule has 0 aromatic heterocycles. The van der Waals surface area contributed by atoms with Crippen LogP contribution in [-0.2, 0) is 4.74 Å². The third-order valence-electron chi connectivity index (χ3n) is 5.81. The Labute approximate surface area is 97.1 Å². The lowest BCUT2D eigenvalue weighted by Gasteiger charge is -2.36. The van der Waals surface area contributed by atoms with Crippen LogP contribution in [0, 0.1) is 22.0 Å². The second kappa shape index (κ2) is 2.74. The van der Waals surface area contributed by atoms with E-state index in [4.69, 9.17) is 4.74 Å². The van der Waals surface area contributed by atoms with Crippen LogP contribution in [0.25, 0.3) is 0 Å². The lowest BCUT2D eigenvalue weighted by atomic mass is 9.70. The largest absolute Gasteiger partial charge is 0.621 e. The summed E-state index contributed by atoms with van der Waals surface area (Å²) in [5, 5.41) is 12.2. The minimum Gasteiger partial charge on any atom is -0.621 e. The summed E-state index contributed by atoms with van der Waals surface area (Å²) in [5.41, 5.74) is 0.423. The van der Waals surface area contributed by atoms with Crippen molar-refractivity contribution in [2.24, 2.45) is 16.7 Å². The Morgan fingerprint density at radius 2 is 2.12 bits per heavy atom. The molecule has 0 saturated heterocycles. The molecule has 0 radical (unpaired) electrons. The molecule has 2 aliphatic carbocycles. The molecule has 16 heavy (non-hydrogen) atoms. The van der Waals surface area contributed by atoms with Gasteiger partial charge < -0.3 is 9.94 Å². The molecule has 0 aromatic carbocycles. The maximum absolute atomic E-state index is 12.2. The highest BCUT2D eigenvalue weighted by Gasteiger charge is 2.73. The Morgan fingerprint density at radius 3 is 2.69 bits per heavy atom. The van der Waals surface area contributed by atoms with Crippen molar-refractivity contribution < 1.29 is 9.48 Å². The Bertz CT molecular complexity index is 374. The van der Waals surface area contributed by atoms with Gasteiger partial charge in [-0.1, -0.05) is 27.7 Å². The molecule has 3 aliphatic rings. The highest BCUT2D eigenvalue weighted by molar-refractivity contribution is 5.72. The highest BCUT2D eigenvalue weighted by atomic mass is 16.6. The van der Waals surface area contributed by atoms with E-state index in [2.05, 4.69) is 20.8 Å². The van der Waals surface area contributed by atoms with E-state index < -0.39 is 0 Å². The molecule has 1 heterocycles. The third kappa shape index (κ3) is 0.857.